The molecule has 1 aliphatic rings. The first-order chi connectivity index (χ1) is 10.5. The van der Waals surface area contributed by atoms with Crippen LogP contribution in [0.25, 0.3) is 10.9 Å². The van der Waals surface area contributed by atoms with Gasteiger partial charge in [0.2, 0.25) is 0 Å². The van der Waals surface area contributed by atoms with Crippen LogP contribution < -0.4 is 11.1 Å². The minimum absolute atomic E-state index is 0.0318. The van der Waals surface area contributed by atoms with Crippen LogP contribution in [0.2, 0.25) is 0 Å². The standard InChI is InChI=1S/C17H20BrN3O/c1-10(22)15-9-20-16-7-2-11(18)8-14(16)17(15)21-13-5-3-12(19)4-6-13/h2,7-9,12-13H,3-6,19H2,1H3,(H,20,21). The van der Waals surface area contributed by atoms with Crippen LogP contribution in [-0.4, -0.2) is 22.9 Å². The number of Topliss-reactive ketones (excluding diaryl/α,β-unsaturated/α-hetero) is 1. The molecule has 1 fully saturated rings. The van der Waals surface area contributed by atoms with Gasteiger partial charge in [0.15, 0.2) is 5.78 Å². The van der Waals surface area contributed by atoms with E-state index in [9.17, 15) is 4.79 Å². The van der Waals surface area contributed by atoms with Crippen molar-refractivity contribution < 1.29 is 4.79 Å². The van der Waals surface area contributed by atoms with Crippen LogP contribution in [-0.2, 0) is 0 Å². The van der Waals surface area contributed by atoms with E-state index in [0.29, 0.717) is 17.6 Å². The van der Waals surface area contributed by atoms with Crippen molar-refractivity contribution in [2.24, 2.45) is 5.73 Å². The Morgan fingerprint density at radius 3 is 2.73 bits per heavy atom. The number of rotatable bonds is 3. The fourth-order valence-corrected chi connectivity index (χ4v) is 3.42. The maximum absolute atomic E-state index is 12.0. The molecule has 2 aromatic rings. The van der Waals surface area contributed by atoms with Gasteiger partial charge in [0, 0.05) is 28.1 Å². The average Bonchev–Trinajstić information content (AvgIpc) is 2.49. The molecule has 22 heavy (non-hydrogen) atoms. The molecule has 116 valence electrons. The number of carbonyl (C=O) groups is 1. The summed E-state index contributed by atoms with van der Waals surface area (Å²) in [6.45, 7) is 1.59. The van der Waals surface area contributed by atoms with Crippen LogP contribution in [0.1, 0.15) is 43.0 Å². The third-order valence-electron chi connectivity index (χ3n) is 4.33. The second-order valence-corrected chi connectivity index (χ2v) is 6.94. The zero-order valence-corrected chi connectivity index (χ0v) is 14.2. The van der Waals surface area contributed by atoms with Gasteiger partial charge in [-0.25, -0.2) is 0 Å². The lowest BCUT2D eigenvalue weighted by molar-refractivity contribution is 0.101. The molecule has 5 heteroatoms. The third-order valence-corrected chi connectivity index (χ3v) is 4.82. The molecule has 1 heterocycles. The van der Waals surface area contributed by atoms with Gasteiger partial charge in [-0.3, -0.25) is 9.78 Å². The number of nitrogens with two attached hydrogens (primary N) is 1. The number of anilines is 1. The molecular weight excluding hydrogens is 342 g/mol. The predicted molar refractivity (Wildman–Crippen MR) is 93.3 cm³/mol. The number of pyridine rings is 1. The van der Waals surface area contributed by atoms with E-state index in [-0.39, 0.29) is 5.78 Å². The molecule has 1 saturated carbocycles. The van der Waals surface area contributed by atoms with Crippen molar-refractivity contribution >= 4 is 38.3 Å². The molecule has 1 aromatic carbocycles. The second kappa shape index (κ2) is 6.34. The van der Waals surface area contributed by atoms with E-state index >= 15 is 0 Å². The first kappa shape index (κ1) is 15.4. The molecule has 0 amide bonds. The lowest BCUT2D eigenvalue weighted by Gasteiger charge is -2.28. The highest BCUT2D eigenvalue weighted by Crippen LogP contribution is 2.31. The Kier molecular flexibility index (Phi) is 4.45. The Balaban J connectivity index is 2.02. The van der Waals surface area contributed by atoms with Crippen LogP contribution in [0.3, 0.4) is 0 Å². The first-order valence-electron chi connectivity index (χ1n) is 7.66. The van der Waals surface area contributed by atoms with Crippen LogP contribution >= 0.6 is 15.9 Å². The Bertz CT molecular complexity index is 708. The van der Waals surface area contributed by atoms with E-state index in [1.807, 2.05) is 18.2 Å². The molecule has 3 N–H and O–H groups in total. The summed E-state index contributed by atoms with van der Waals surface area (Å²) in [6.07, 6.45) is 5.81. The van der Waals surface area contributed by atoms with Crippen molar-refractivity contribution in [3.63, 3.8) is 0 Å². The van der Waals surface area contributed by atoms with Gasteiger partial charge in [-0.1, -0.05) is 15.9 Å². The first-order valence-corrected chi connectivity index (χ1v) is 8.45. The second-order valence-electron chi connectivity index (χ2n) is 6.02. The molecule has 1 aliphatic carbocycles. The lowest BCUT2D eigenvalue weighted by atomic mass is 9.91. The Morgan fingerprint density at radius 2 is 2.05 bits per heavy atom. The monoisotopic (exact) mass is 361 g/mol. The van der Waals surface area contributed by atoms with E-state index in [1.165, 1.54) is 0 Å². The molecule has 0 atom stereocenters. The Labute approximate surface area is 138 Å². The predicted octanol–water partition coefficient (Wildman–Crippen LogP) is 3.88. The zero-order chi connectivity index (χ0) is 15.7. The molecule has 0 bridgehead atoms. The van der Waals surface area contributed by atoms with Crippen molar-refractivity contribution in [2.45, 2.75) is 44.7 Å². The average molecular weight is 362 g/mol. The highest BCUT2D eigenvalue weighted by atomic mass is 79.9. The van der Waals surface area contributed by atoms with Gasteiger partial charge in [0.25, 0.3) is 0 Å². The minimum atomic E-state index is 0.0318. The van der Waals surface area contributed by atoms with E-state index in [4.69, 9.17) is 5.73 Å². The van der Waals surface area contributed by atoms with Crippen molar-refractivity contribution in [2.75, 3.05) is 5.32 Å². The minimum Gasteiger partial charge on any atom is -0.381 e. The molecule has 0 spiro atoms. The number of carbonyl (C=O) groups excluding carboxylic acids is 1. The number of hydrogen-bond donors (Lipinski definition) is 2. The maximum Gasteiger partial charge on any atom is 0.163 e. The fraction of sp³-hybridized carbons (Fsp3) is 0.412. The molecule has 4 nitrogen and oxygen atoms in total. The molecule has 0 radical (unpaired) electrons. The smallest absolute Gasteiger partial charge is 0.163 e. The Morgan fingerprint density at radius 1 is 1.32 bits per heavy atom. The molecule has 0 unspecified atom stereocenters. The summed E-state index contributed by atoms with van der Waals surface area (Å²) in [7, 11) is 0. The van der Waals surface area contributed by atoms with Gasteiger partial charge in [0.05, 0.1) is 16.8 Å². The molecule has 0 saturated heterocycles. The number of nitrogens with one attached hydrogen (secondary N) is 1. The molecule has 1 aromatic heterocycles. The zero-order valence-electron chi connectivity index (χ0n) is 12.6. The number of fused-ring (bicyclic) bond motifs is 1. The number of hydrogen-bond acceptors (Lipinski definition) is 4. The number of benzene rings is 1. The SMILES string of the molecule is CC(=O)c1cnc2ccc(Br)cc2c1NC1CCC(N)CC1. The van der Waals surface area contributed by atoms with Gasteiger partial charge < -0.3 is 11.1 Å². The fourth-order valence-electron chi connectivity index (χ4n) is 3.05. The lowest BCUT2D eigenvalue weighted by Crippen LogP contribution is -2.33. The van der Waals surface area contributed by atoms with Gasteiger partial charge in [0.1, 0.15) is 0 Å². The largest absolute Gasteiger partial charge is 0.381 e. The summed E-state index contributed by atoms with van der Waals surface area (Å²) in [5.41, 5.74) is 8.43. The number of nitrogens with zero attached hydrogens (tertiary/aromatic N) is 1. The summed E-state index contributed by atoms with van der Waals surface area (Å²) in [4.78, 5) is 16.4. The topological polar surface area (TPSA) is 68.0 Å². The summed E-state index contributed by atoms with van der Waals surface area (Å²) in [5, 5.41) is 4.57. The van der Waals surface area contributed by atoms with Crippen molar-refractivity contribution in [1.29, 1.82) is 0 Å². The van der Waals surface area contributed by atoms with Crippen molar-refractivity contribution in [3.05, 3.63) is 34.4 Å². The number of ketones is 1. The van der Waals surface area contributed by atoms with Gasteiger partial charge >= 0.3 is 0 Å². The van der Waals surface area contributed by atoms with Gasteiger partial charge in [-0.2, -0.15) is 0 Å². The molecule has 3 rings (SSSR count). The van der Waals surface area contributed by atoms with Crippen LogP contribution in [0, 0.1) is 0 Å². The van der Waals surface area contributed by atoms with E-state index in [0.717, 1.165) is 46.7 Å². The van der Waals surface area contributed by atoms with Crippen LogP contribution in [0.5, 0.6) is 0 Å². The van der Waals surface area contributed by atoms with Gasteiger partial charge in [-0.15, -0.1) is 0 Å². The molecular formula is C17H20BrN3O. The normalized spacial score (nSPS) is 21.8. The van der Waals surface area contributed by atoms with E-state index < -0.39 is 0 Å². The van der Waals surface area contributed by atoms with E-state index in [1.54, 1.807) is 13.1 Å². The summed E-state index contributed by atoms with van der Waals surface area (Å²) in [5.74, 6) is 0.0318. The molecule has 0 aliphatic heterocycles. The van der Waals surface area contributed by atoms with Crippen molar-refractivity contribution in [1.82, 2.24) is 4.98 Å². The summed E-state index contributed by atoms with van der Waals surface area (Å²) < 4.78 is 0.983. The van der Waals surface area contributed by atoms with Crippen LogP contribution in [0.15, 0.2) is 28.9 Å². The third kappa shape index (κ3) is 3.15. The highest BCUT2D eigenvalue weighted by molar-refractivity contribution is 9.10. The van der Waals surface area contributed by atoms with Gasteiger partial charge in [-0.05, 0) is 50.8 Å². The highest BCUT2D eigenvalue weighted by Gasteiger charge is 2.21. The van der Waals surface area contributed by atoms with Crippen LogP contribution in [0.4, 0.5) is 5.69 Å². The maximum atomic E-state index is 12.0. The number of aromatic nitrogens is 1. The van der Waals surface area contributed by atoms with Crippen molar-refractivity contribution in [3.8, 4) is 0 Å². The quantitative estimate of drug-likeness (QED) is 0.813. The summed E-state index contributed by atoms with van der Waals surface area (Å²) >= 11 is 3.50. The number of halogens is 1. The van der Waals surface area contributed by atoms with E-state index in [2.05, 4.69) is 26.2 Å². The Hall–Kier alpha value is -1.46. The summed E-state index contributed by atoms with van der Waals surface area (Å²) in [6, 6.07) is 6.62.